The maximum Gasteiger partial charge on any atom is 0.0638 e. The molecular formula is C16H19ClN2. The summed E-state index contributed by atoms with van der Waals surface area (Å²) in [5.41, 5.74) is 9.50. The summed E-state index contributed by atoms with van der Waals surface area (Å²) in [6, 6.07) is 16.2. The lowest BCUT2D eigenvalue weighted by molar-refractivity contribution is 0.777. The lowest BCUT2D eigenvalue weighted by Crippen LogP contribution is -2.21. The van der Waals surface area contributed by atoms with Crippen LogP contribution in [0.1, 0.15) is 24.1 Å². The number of nitrogens with one attached hydrogen (secondary N) is 1. The Bertz CT molecular complexity index is 540. The Morgan fingerprint density at radius 3 is 2.63 bits per heavy atom. The van der Waals surface area contributed by atoms with Gasteiger partial charge in [-0.05, 0) is 35.7 Å². The lowest BCUT2D eigenvalue weighted by Gasteiger charge is -2.21. The molecule has 2 rings (SSSR count). The van der Waals surface area contributed by atoms with Gasteiger partial charge in [-0.3, -0.25) is 0 Å². The highest BCUT2D eigenvalue weighted by Gasteiger charge is 2.12. The summed E-state index contributed by atoms with van der Waals surface area (Å²) in [4.78, 5) is 0. The van der Waals surface area contributed by atoms with Gasteiger partial charge in [-0.15, -0.1) is 0 Å². The van der Waals surface area contributed by atoms with Crippen LogP contribution in [-0.2, 0) is 6.42 Å². The molecule has 0 amide bonds. The number of aryl methyl sites for hydroxylation is 1. The lowest BCUT2D eigenvalue weighted by atomic mass is 9.98. The summed E-state index contributed by atoms with van der Waals surface area (Å²) < 4.78 is 0. The van der Waals surface area contributed by atoms with Crippen LogP contribution in [0.3, 0.4) is 0 Å². The van der Waals surface area contributed by atoms with Gasteiger partial charge < -0.3 is 11.1 Å². The molecule has 100 valence electrons. The molecule has 2 aromatic carbocycles. The molecule has 0 aliphatic rings. The SMILES string of the molecule is CCc1ccccc1C(CN)Nc1cccc(Cl)c1. The minimum absolute atomic E-state index is 0.106. The third-order valence-corrected chi connectivity index (χ3v) is 3.45. The van der Waals surface area contributed by atoms with Gasteiger partial charge >= 0.3 is 0 Å². The monoisotopic (exact) mass is 274 g/mol. The van der Waals surface area contributed by atoms with E-state index < -0.39 is 0 Å². The Balaban J connectivity index is 2.25. The number of rotatable bonds is 5. The highest BCUT2D eigenvalue weighted by Crippen LogP contribution is 2.24. The van der Waals surface area contributed by atoms with Crippen molar-refractivity contribution in [3.63, 3.8) is 0 Å². The summed E-state index contributed by atoms with van der Waals surface area (Å²) in [7, 11) is 0. The molecular weight excluding hydrogens is 256 g/mol. The molecule has 0 aliphatic carbocycles. The molecule has 19 heavy (non-hydrogen) atoms. The number of benzene rings is 2. The molecule has 0 saturated carbocycles. The van der Waals surface area contributed by atoms with E-state index in [0.717, 1.165) is 17.1 Å². The number of nitrogens with two attached hydrogens (primary N) is 1. The van der Waals surface area contributed by atoms with Crippen LogP contribution in [0, 0.1) is 0 Å². The second-order valence-electron chi connectivity index (χ2n) is 4.50. The summed E-state index contributed by atoms with van der Waals surface area (Å²) in [6.45, 7) is 2.70. The Morgan fingerprint density at radius 2 is 1.95 bits per heavy atom. The van der Waals surface area contributed by atoms with E-state index >= 15 is 0 Å². The normalized spacial score (nSPS) is 12.2. The van der Waals surface area contributed by atoms with Crippen LogP contribution >= 0.6 is 11.6 Å². The standard InChI is InChI=1S/C16H19ClN2/c1-2-12-6-3-4-9-15(12)16(11-18)19-14-8-5-7-13(17)10-14/h3-10,16,19H,2,11,18H2,1H3. The van der Waals surface area contributed by atoms with Gasteiger partial charge in [0, 0.05) is 17.3 Å². The van der Waals surface area contributed by atoms with Gasteiger partial charge in [0.25, 0.3) is 0 Å². The van der Waals surface area contributed by atoms with Crippen LogP contribution in [-0.4, -0.2) is 6.54 Å². The average molecular weight is 275 g/mol. The highest BCUT2D eigenvalue weighted by molar-refractivity contribution is 6.30. The fourth-order valence-corrected chi connectivity index (χ4v) is 2.43. The predicted molar refractivity (Wildman–Crippen MR) is 82.7 cm³/mol. The van der Waals surface area contributed by atoms with Gasteiger partial charge in [0.2, 0.25) is 0 Å². The fourth-order valence-electron chi connectivity index (χ4n) is 2.24. The summed E-state index contributed by atoms with van der Waals surface area (Å²) in [6.07, 6.45) is 1.00. The Hall–Kier alpha value is -1.51. The fraction of sp³-hybridized carbons (Fsp3) is 0.250. The third-order valence-electron chi connectivity index (χ3n) is 3.21. The van der Waals surface area contributed by atoms with Crippen molar-refractivity contribution >= 4 is 17.3 Å². The first-order valence-corrected chi connectivity index (χ1v) is 6.92. The Kier molecular flexibility index (Phi) is 4.83. The average Bonchev–Trinajstić information content (AvgIpc) is 2.45. The smallest absolute Gasteiger partial charge is 0.0638 e. The van der Waals surface area contributed by atoms with E-state index in [4.69, 9.17) is 17.3 Å². The molecule has 0 heterocycles. The van der Waals surface area contributed by atoms with Gasteiger partial charge in [0.15, 0.2) is 0 Å². The third kappa shape index (κ3) is 3.49. The van der Waals surface area contributed by atoms with Crippen molar-refractivity contribution < 1.29 is 0 Å². The first-order chi connectivity index (χ1) is 9.24. The number of anilines is 1. The minimum atomic E-state index is 0.106. The molecule has 2 aromatic rings. The zero-order valence-corrected chi connectivity index (χ0v) is 11.8. The second kappa shape index (κ2) is 6.60. The molecule has 1 unspecified atom stereocenters. The van der Waals surface area contributed by atoms with Crippen molar-refractivity contribution in [3.05, 3.63) is 64.7 Å². The molecule has 0 radical (unpaired) electrons. The van der Waals surface area contributed by atoms with Crippen molar-refractivity contribution in [1.29, 1.82) is 0 Å². The largest absolute Gasteiger partial charge is 0.377 e. The minimum Gasteiger partial charge on any atom is -0.377 e. The van der Waals surface area contributed by atoms with Gasteiger partial charge in [-0.2, -0.15) is 0 Å². The van der Waals surface area contributed by atoms with Gasteiger partial charge in [0.1, 0.15) is 0 Å². The van der Waals surface area contributed by atoms with E-state index in [-0.39, 0.29) is 6.04 Å². The number of halogens is 1. The first kappa shape index (κ1) is 13.9. The second-order valence-corrected chi connectivity index (χ2v) is 4.93. The van der Waals surface area contributed by atoms with Crippen molar-refractivity contribution in [3.8, 4) is 0 Å². The van der Waals surface area contributed by atoms with Crippen LogP contribution in [0.4, 0.5) is 5.69 Å². The van der Waals surface area contributed by atoms with E-state index in [1.165, 1.54) is 11.1 Å². The van der Waals surface area contributed by atoms with Crippen LogP contribution in [0.5, 0.6) is 0 Å². The summed E-state index contributed by atoms with van der Waals surface area (Å²) >= 11 is 6.00. The zero-order valence-electron chi connectivity index (χ0n) is 11.1. The molecule has 3 heteroatoms. The van der Waals surface area contributed by atoms with Crippen molar-refractivity contribution in [1.82, 2.24) is 0 Å². The molecule has 2 nitrogen and oxygen atoms in total. The molecule has 0 saturated heterocycles. The van der Waals surface area contributed by atoms with Crippen molar-refractivity contribution in [2.24, 2.45) is 5.73 Å². The van der Waals surface area contributed by atoms with E-state index in [1.54, 1.807) is 0 Å². The van der Waals surface area contributed by atoms with Crippen LogP contribution in [0.2, 0.25) is 5.02 Å². The topological polar surface area (TPSA) is 38.0 Å². The Morgan fingerprint density at radius 1 is 1.16 bits per heavy atom. The van der Waals surface area contributed by atoms with Crippen molar-refractivity contribution in [2.45, 2.75) is 19.4 Å². The molecule has 0 aromatic heterocycles. The van der Waals surface area contributed by atoms with Crippen LogP contribution in [0.25, 0.3) is 0 Å². The molecule has 3 N–H and O–H groups in total. The summed E-state index contributed by atoms with van der Waals surface area (Å²) in [5.74, 6) is 0. The zero-order chi connectivity index (χ0) is 13.7. The maximum atomic E-state index is 6.00. The van der Waals surface area contributed by atoms with Gasteiger partial charge in [0.05, 0.1) is 6.04 Å². The molecule has 0 fully saturated rings. The predicted octanol–water partition coefficient (Wildman–Crippen LogP) is 4.01. The van der Waals surface area contributed by atoms with E-state index in [9.17, 15) is 0 Å². The molecule has 0 spiro atoms. The van der Waals surface area contributed by atoms with Crippen molar-refractivity contribution in [2.75, 3.05) is 11.9 Å². The highest BCUT2D eigenvalue weighted by atomic mass is 35.5. The number of hydrogen-bond donors (Lipinski definition) is 2. The molecule has 0 bridgehead atoms. The van der Waals surface area contributed by atoms with Gasteiger partial charge in [-0.25, -0.2) is 0 Å². The Labute approximate surface area is 119 Å². The summed E-state index contributed by atoms with van der Waals surface area (Å²) in [5, 5.41) is 4.18. The van der Waals surface area contributed by atoms with Crippen LogP contribution in [0.15, 0.2) is 48.5 Å². The quantitative estimate of drug-likeness (QED) is 0.864. The van der Waals surface area contributed by atoms with Gasteiger partial charge in [-0.1, -0.05) is 48.9 Å². The van der Waals surface area contributed by atoms with Crippen LogP contribution < -0.4 is 11.1 Å². The van der Waals surface area contributed by atoms with E-state index in [2.05, 4.69) is 36.5 Å². The molecule has 1 atom stereocenters. The van der Waals surface area contributed by atoms with E-state index in [0.29, 0.717) is 6.54 Å². The van der Waals surface area contributed by atoms with E-state index in [1.807, 2.05) is 24.3 Å². The molecule has 0 aliphatic heterocycles. The maximum absolute atomic E-state index is 6.00. The first-order valence-electron chi connectivity index (χ1n) is 6.54. The number of hydrogen-bond acceptors (Lipinski definition) is 2.